The maximum absolute atomic E-state index is 12.1. The first-order valence-electron chi connectivity index (χ1n) is 14.0. The van der Waals surface area contributed by atoms with E-state index >= 15 is 0 Å². The van der Waals surface area contributed by atoms with E-state index in [0.717, 1.165) is 25.7 Å². The van der Waals surface area contributed by atoms with Gasteiger partial charge < -0.3 is 9.16 Å². The van der Waals surface area contributed by atoms with E-state index in [1.807, 2.05) is 0 Å². The van der Waals surface area contributed by atoms with Gasteiger partial charge in [0.1, 0.15) is 6.10 Å². The number of carbonyl (C=O) groups excluding carboxylic acids is 1. The summed E-state index contributed by atoms with van der Waals surface area (Å²) in [5.41, 5.74) is 0. The minimum atomic E-state index is -1.83. The van der Waals surface area contributed by atoms with Crippen LogP contribution < -0.4 is 0 Å². The molecule has 1 heterocycles. The van der Waals surface area contributed by atoms with Crippen molar-refractivity contribution < 1.29 is 14.0 Å². The smallest absolute Gasteiger partial charge is 0.313 e. The average molecular weight is 469 g/mol. The number of esters is 1. The van der Waals surface area contributed by atoms with Gasteiger partial charge in [-0.2, -0.15) is 0 Å². The summed E-state index contributed by atoms with van der Waals surface area (Å²) in [6, 6.07) is 0. The van der Waals surface area contributed by atoms with Crippen molar-refractivity contribution in [1.82, 2.24) is 0 Å². The normalized spacial score (nSPS) is 20.2. The Morgan fingerprint density at radius 3 is 1.84 bits per heavy atom. The van der Waals surface area contributed by atoms with E-state index in [-0.39, 0.29) is 29.1 Å². The first-order chi connectivity index (χ1) is 15.1. The fourth-order valence-electron chi connectivity index (χ4n) is 4.47. The minimum absolute atomic E-state index is 0.0284. The van der Waals surface area contributed by atoms with Crippen LogP contribution in [0.5, 0.6) is 0 Å². The summed E-state index contributed by atoms with van der Waals surface area (Å²) < 4.78 is 12.5. The molecule has 0 aromatic rings. The lowest BCUT2D eigenvalue weighted by Gasteiger charge is -2.42. The fraction of sp³-hybridized carbons (Fsp3) is 0.964. The first kappa shape index (κ1) is 29.7. The van der Waals surface area contributed by atoms with Crippen LogP contribution in [-0.2, 0) is 14.0 Å². The Morgan fingerprint density at radius 2 is 1.34 bits per heavy atom. The van der Waals surface area contributed by atoms with Crippen molar-refractivity contribution in [2.75, 3.05) is 0 Å². The standard InChI is InChI=1S/C28H56O3Si/c1-8-10-12-14-15-16-17-18-19-21-24(31-32(6,7)28(3,4)5)23-26-25(27(29)30-26)22-20-13-11-9-2/h24-26H,8-23H2,1-7H3/t24-,25-,26-/m0/s1. The van der Waals surface area contributed by atoms with Gasteiger partial charge in [0.05, 0.1) is 5.92 Å². The molecular weight excluding hydrogens is 412 g/mol. The topological polar surface area (TPSA) is 35.5 Å². The quantitative estimate of drug-likeness (QED) is 0.108. The molecule has 0 spiro atoms. The lowest BCUT2D eigenvalue weighted by atomic mass is 9.86. The van der Waals surface area contributed by atoms with Gasteiger partial charge in [0, 0.05) is 12.5 Å². The number of rotatable bonds is 19. The molecule has 3 atom stereocenters. The zero-order valence-electron chi connectivity index (χ0n) is 22.8. The van der Waals surface area contributed by atoms with E-state index in [9.17, 15) is 4.79 Å². The van der Waals surface area contributed by atoms with Crippen LogP contribution in [-0.4, -0.2) is 26.5 Å². The predicted molar refractivity (Wildman–Crippen MR) is 141 cm³/mol. The van der Waals surface area contributed by atoms with Crippen LogP contribution in [0.15, 0.2) is 0 Å². The summed E-state index contributed by atoms with van der Waals surface area (Å²) in [7, 11) is -1.83. The molecule has 1 aliphatic rings. The van der Waals surface area contributed by atoms with E-state index in [0.29, 0.717) is 0 Å². The number of cyclic esters (lactones) is 1. The molecule has 32 heavy (non-hydrogen) atoms. The zero-order valence-corrected chi connectivity index (χ0v) is 23.8. The third-order valence-corrected chi connectivity index (χ3v) is 12.3. The highest BCUT2D eigenvalue weighted by molar-refractivity contribution is 6.74. The van der Waals surface area contributed by atoms with Gasteiger partial charge >= 0.3 is 5.97 Å². The first-order valence-corrected chi connectivity index (χ1v) is 16.9. The highest BCUT2D eigenvalue weighted by Gasteiger charge is 2.45. The van der Waals surface area contributed by atoms with E-state index in [4.69, 9.17) is 9.16 Å². The monoisotopic (exact) mass is 468 g/mol. The van der Waals surface area contributed by atoms with Crippen molar-refractivity contribution >= 4 is 14.3 Å². The van der Waals surface area contributed by atoms with Gasteiger partial charge in [-0.1, -0.05) is 118 Å². The fourth-order valence-corrected chi connectivity index (χ4v) is 5.87. The van der Waals surface area contributed by atoms with Crippen molar-refractivity contribution in [3.05, 3.63) is 0 Å². The lowest BCUT2D eigenvalue weighted by molar-refractivity contribution is -0.188. The zero-order chi connectivity index (χ0) is 24.0. The molecular formula is C28H56O3Si. The largest absolute Gasteiger partial charge is 0.461 e. The molecule has 3 nitrogen and oxygen atoms in total. The molecule has 0 N–H and O–H groups in total. The number of ether oxygens (including phenoxy) is 1. The Bertz CT molecular complexity index is 497. The lowest BCUT2D eigenvalue weighted by Crippen LogP contribution is -2.49. The summed E-state index contributed by atoms with van der Waals surface area (Å²) in [6.45, 7) is 16.2. The summed E-state index contributed by atoms with van der Waals surface area (Å²) in [6.07, 6.45) is 20.4. The molecule has 0 aromatic carbocycles. The molecule has 0 unspecified atom stereocenters. The number of hydrogen-bond acceptors (Lipinski definition) is 3. The van der Waals surface area contributed by atoms with Crippen molar-refractivity contribution in [1.29, 1.82) is 0 Å². The van der Waals surface area contributed by atoms with Crippen LogP contribution >= 0.6 is 0 Å². The third kappa shape index (κ3) is 11.2. The Morgan fingerprint density at radius 1 is 0.844 bits per heavy atom. The van der Waals surface area contributed by atoms with Gasteiger partial charge in [-0.25, -0.2) is 0 Å². The van der Waals surface area contributed by atoms with Crippen molar-refractivity contribution in [2.24, 2.45) is 5.92 Å². The molecule has 1 fully saturated rings. The SMILES string of the molecule is CCCCCCCCCCC[C@@H](C[C@@H]1OC(=O)[C@H]1CCCCCC)O[Si](C)(C)C(C)(C)C. The molecule has 4 heteroatoms. The summed E-state index contributed by atoms with van der Waals surface area (Å²) in [5, 5.41) is 0.208. The molecule has 0 aromatic heterocycles. The van der Waals surface area contributed by atoms with Crippen LogP contribution in [0.1, 0.15) is 137 Å². The van der Waals surface area contributed by atoms with Crippen molar-refractivity contribution in [3.8, 4) is 0 Å². The maximum Gasteiger partial charge on any atom is 0.313 e. The molecule has 0 saturated carbocycles. The Kier molecular flexibility index (Phi) is 14.4. The molecule has 0 aliphatic carbocycles. The highest BCUT2D eigenvalue weighted by atomic mass is 28.4. The number of carbonyl (C=O) groups is 1. The number of hydrogen-bond donors (Lipinski definition) is 0. The summed E-state index contributed by atoms with van der Waals surface area (Å²) >= 11 is 0. The molecule has 0 amide bonds. The van der Waals surface area contributed by atoms with Gasteiger partial charge in [0.2, 0.25) is 0 Å². The predicted octanol–water partition coefficient (Wildman–Crippen LogP) is 9.20. The van der Waals surface area contributed by atoms with Gasteiger partial charge in [0.25, 0.3) is 0 Å². The van der Waals surface area contributed by atoms with Crippen LogP contribution in [0.3, 0.4) is 0 Å². The van der Waals surface area contributed by atoms with Gasteiger partial charge in [-0.15, -0.1) is 0 Å². The van der Waals surface area contributed by atoms with Crippen molar-refractivity contribution in [3.63, 3.8) is 0 Å². The molecule has 1 rings (SSSR count). The van der Waals surface area contributed by atoms with E-state index in [1.54, 1.807) is 0 Å². The van der Waals surface area contributed by atoms with Gasteiger partial charge in [-0.3, -0.25) is 4.79 Å². The maximum atomic E-state index is 12.1. The van der Waals surface area contributed by atoms with E-state index in [1.165, 1.54) is 77.0 Å². The van der Waals surface area contributed by atoms with E-state index in [2.05, 4.69) is 47.7 Å². The average Bonchev–Trinajstić information content (AvgIpc) is 2.70. The minimum Gasteiger partial charge on any atom is -0.461 e. The third-order valence-electron chi connectivity index (χ3n) is 7.78. The highest BCUT2D eigenvalue weighted by Crippen LogP contribution is 2.40. The molecule has 0 radical (unpaired) electrons. The Balaban J connectivity index is 2.50. The van der Waals surface area contributed by atoms with Crippen molar-refractivity contribution in [2.45, 2.75) is 168 Å². The molecule has 1 aliphatic heterocycles. The molecule has 1 saturated heterocycles. The van der Waals surface area contributed by atoms with Crippen LogP contribution in [0.25, 0.3) is 0 Å². The summed E-state index contributed by atoms with van der Waals surface area (Å²) in [5.74, 6) is 0.140. The summed E-state index contributed by atoms with van der Waals surface area (Å²) in [4.78, 5) is 12.1. The Labute approximate surface area is 201 Å². The second-order valence-corrected chi connectivity index (χ2v) is 16.5. The molecule has 0 bridgehead atoms. The second-order valence-electron chi connectivity index (χ2n) is 11.8. The van der Waals surface area contributed by atoms with E-state index < -0.39 is 8.32 Å². The van der Waals surface area contributed by atoms with Crippen LogP contribution in [0.4, 0.5) is 0 Å². The van der Waals surface area contributed by atoms with Crippen LogP contribution in [0.2, 0.25) is 18.1 Å². The Hall–Kier alpha value is -0.353. The second kappa shape index (κ2) is 15.5. The van der Waals surface area contributed by atoms with Crippen LogP contribution in [0, 0.1) is 5.92 Å². The van der Waals surface area contributed by atoms with Gasteiger partial charge in [-0.05, 0) is 31.0 Å². The number of unbranched alkanes of at least 4 members (excludes halogenated alkanes) is 11. The van der Waals surface area contributed by atoms with Gasteiger partial charge in [0.15, 0.2) is 8.32 Å². The molecule has 190 valence electrons.